The number of fused-ring (bicyclic) bond motifs is 1. The fraction of sp³-hybridized carbons (Fsp3) is 0.500. The van der Waals surface area contributed by atoms with Crippen LogP contribution in [0.1, 0.15) is 29.3 Å². The van der Waals surface area contributed by atoms with Crippen LogP contribution in [0.4, 0.5) is 0 Å². The molecule has 1 nitrogen and oxygen atoms in total. The van der Waals surface area contributed by atoms with E-state index < -0.39 is 0 Å². The second-order valence-corrected chi connectivity index (χ2v) is 4.64. The van der Waals surface area contributed by atoms with Crippen molar-refractivity contribution in [3.05, 3.63) is 21.4 Å². The minimum Gasteiger partial charge on any atom is -0.376 e. The molecule has 0 bridgehead atoms. The molecule has 3 heteroatoms. The van der Waals surface area contributed by atoms with E-state index in [1.165, 1.54) is 28.8 Å². The highest BCUT2D eigenvalue weighted by atomic mass is 32.1. The summed E-state index contributed by atoms with van der Waals surface area (Å²) in [5.74, 6) is 0. The zero-order valence-corrected chi connectivity index (χ0v) is 9.36. The lowest BCUT2D eigenvalue weighted by molar-refractivity contribution is 0.800. The van der Waals surface area contributed by atoms with Crippen LogP contribution in [0, 0.1) is 0 Å². The molecule has 1 aliphatic heterocycles. The molecule has 2 rings (SSSR count). The summed E-state index contributed by atoms with van der Waals surface area (Å²) < 4.78 is 0. The van der Waals surface area contributed by atoms with Gasteiger partial charge in [0, 0.05) is 17.0 Å². The SMILES string of the molecule is CCc1csc2c1C(=S)NCCC2. The average Bonchev–Trinajstić information content (AvgIpc) is 2.47. The van der Waals surface area contributed by atoms with E-state index in [0.717, 1.165) is 18.0 Å². The Morgan fingerprint density at radius 2 is 2.46 bits per heavy atom. The molecule has 0 unspecified atom stereocenters. The summed E-state index contributed by atoms with van der Waals surface area (Å²) in [6.45, 7) is 3.22. The van der Waals surface area contributed by atoms with Crippen molar-refractivity contribution in [1.82, 2.24) is 5.32 Å². The van der Waals surface area contributed by atoms with Gasteiger partial charge in [-0.1, -0.05) is 19.1 Å². The lowest BCUT2D eigenvalue weighted by Crippen LogP contribution is -2.22. The van der Waals surface area contributed by atoms with E-state index in [4.69, 9.17) is 12.2 Å². The van der Waals surface area contributed by atoms with Crippen LogP contribution >= 0.6 is 23.6 Å². The number of nitrogens with one attached hydrogen (secondary N) is 1. The van der Waals surface area contributed by atoms with Gasteiger partial charge in [-0.3, -0.25) is 0 Å². The standard InChI is InChI=1S/C10H13NS2/c1-2-7-6-13-8-4-3-5-11-10(12)9(7)8/h6H,2-5H2,1H3,(H,11,12). The third-order valence-corrected chi connectivity index (χ3v) is 3.86. The molecule has 0 aromatic carbocycles. The van der Waals surface area contributed by atoms with Gasteiger partial charge in [-0.05, 0) is 30.2 Å². The van der Waals surface area contributed by atoms with Gasteiger partial charge in [-0.25, -0.2) is 0 Å². The molecular formula is C10H13NS2. The number of aryl methyl sites for hydroxylation is 2. The van der Waals surface area contributed by atoms with Crippen LogP contribution in [-0.4, -0.2) is 11.5 Å². The molecule has 1 aromatic rings. The molecule has 1 aliphatic rings. The van der Waals surface area contributed by atoms with Crippen molar-refractivity contribution in [3.8, 4) is 0 Å². The molecule has 0 radical (unpaired) electrons. The number of hydrogen-bond donors (Lipinski definition) is 1. The topological polar surface area (TPSA) is 12.0 Å². The molecule has 0 fully saturated rings. The Hall–Kier alpha value is -0.410. The molecule has 2 heterocycles. The summed E-state index contributed by atoms with van der Waals surface area (Å²) in [6.07, 6.45) is 3.48. The van der Waals surface area contributed by atoms with Crippen molar-refractivity contribution < 1.29 is 0 Å². The normalized spacial score (nSPS) is 16.2. The van der Waals surface area contributed by atoms with Crippen LogP contribution < -0.4 is 5.32 Å². The van der Waals surface area contributed by atoms with Gasteiger partial charge in [0.25, 0.3) is 0 Å². The number of rotatable bonds is 1. The van der Waals surface area contributed by atoms with Gasteiger partial charge in [-0.2, -0.15) is 0 Å². The smallest absolute Gasteiger partial charge is 0.107 e. The van der Waals surface area contributed by atoms with Crippen molar-refractivity contribution in [2.75, 3.05) is 6.54 Å². The highest BCUT2D eigenvalue weighted by Gasteiger charge is 2.16. The van der Waals surface area contributed by atoms with E-state index >= 15 is 0 Å². The van der Waals surface area contributed by atoms with Crippen molar-refractivity contribution in [1.29, 1.82) is 0 Å². The van der Waals surface area contributed by atoms with Crippen LogP contribution in [0.25, 0.3) is 0 Å². The van der Waals surface area contributed by atoms with Gasteiger partial charge < -0.3 is 5.32 Å². The van der Waals surface area contributed by atoms with E-state index in [9.17, 15) is 0 Å². The highest BCUT2D eigenvalue weighted by molar-refractivity contribution is 7.80. The molecule has 70 valence electrons. The maximum Gasteiger partial charge on any atom is 0.107 e. The monoisotopic (exact) mass is 211 g/mol. The quantitative estimate of drug-likeness (QED) is 0.716. The summed E-state index contributed by atoms with van der Waals surface area (Å²) in [7, 11) is 0. The second-order valence-electron chi connectivity index (χ2n) is 3.27. The molecule has 1 N–H and O–H groups in total. The van der Waals surface area contributed by atoms with Crippen LogP contribution in [0.2, 0.25) is 0 Å². The maximum absolute atomic E-state index is 5.35. The Bertz CT molecular complexity index is 328. The predicted molar refractivity (Wildman–Crippen MR) is 61.7 cm³/mol. The second kappa shape index (κ2) is 3.76. The fourth-order valence-corrected chi connectivity index (χ4v) is 3.30. The third-order valence-electron chi connectivity index (χ3n) is 2.42. The third kappa shape index (κ3) is 1.63. The highest BCUT2D eigenvalue weighted by Crippen LogP contribution is 2.26. The lowest BCUT2D eigenvalue weighted by atomic mass is 10.1. The number of thiophene rings is 1. The van der Waals surface area contributed by atoms with Crippen LogP contribution in [0.3, 0.4) is 0 Å². The molecule has 0 saturated heterocycles. The van der Waals surface area contributed by atoms with Gasteiger partial charge in [-0.15, -0.1) is 11.3 Å². The van der Waals surface area contributed by atoms with E-state index in [1.807, 2.05) is 11.3 Å². The molecular weight excluding hydrogens is 198 g/mol. The first-order chi connectivity index (χ1) is 6.33. The largest absolute Gasteiger partial charge is 0.376 e. The molecule has 0 atom stereocenters. The minimum atomic E-state index is 0.964. The summed E-state index contributed by atoms with van der Waals surface area (Å²) in [4.78, 5) is 2.44. The Morgan fingerprint density at radius 1 is 1.62 bits per heavy atom. The van der Waals surface area contributed by atoms with Crippen LogP contribution in [0.15, 0.2) is 5.38 Å². The number of hydrogen-bond acceptors (Lipinski definition) is 2. The molecule has 0 saturated carbocycles. The van der Waals surface area contributed by atoms with Gasteiger partial charge in [0.15, 0.2) is 0 Å². The molecule has 0 amide bonds. The molecule has 1 aromatic heterocycles. The summed E-state index contributed by atoms with van der Waals surface area (Å²) in [6, 6.07) is 0. The lowest BCUT2D eigenvalue weighted by Gasteiger charge is -2.04. The van der Waals surface area contributed by atoms with Crippen molar-refractivity contribution in [2.45, 2.75) is 26.2 Å². The predicted octanol–water partition coefficient (Wildman–Crippen LogP) is 2.52. The fourth-order valence-electron chi connectivity index (χ4n) is 1.69. The van der Waals surface area contributed by atoms with E-state index in [0.29, 0.717) is 0 Å². The van der Waals surface area contributed by atoms with E-state index in [2.05, 4.69) is 17.6 Å². The van der Waals surface area contributed by atoms with Crippen LogP contribution in [0.5, 0.6) is 0 Å². The van der Waals surface area contributed by atoms with Gasteiger partial charge in [0.2, 0.25) is 0 Å². The maximum atomic E-state index is 5.35. The Labute approximate surface area is 88.2 Å². The van der Waals surface area contributed by atoms with Gasteiger partial charge >= 0.3 is 0 Å². The molecule has 13 heavy (non-hydrogen) atoms. The van der Waals surface area contributed by atoms with Gasteiger partial charge in [0.05, 0.1) is 0 Å². The first-order valence-electron chi connectivity index (χ1n) is 4.70. The van der Waals surface area contributed by atoms with Crippen LogP contribution in [-0.2, 0) is 12.8 Å². The van der Waals surface area contributed by atoms with Crippen molar-refractivity contribution in [2.24, 2.45) is 0 Å². The summed E-state index contributed by atoms with van der Waals surface area (Å²) in [5, 5.41) is 5.55. The molecule has 0 aliphatic carbocycles. The zero-order valence-electron chi connectivity index (χ0n) is 7.72. The minimum absolute atomic E-state index is 0.964. The summed E-state index contributed by atoms with van der Waals surface area (Å²) >= 11 is 7.22. The Kier molecular flexibility index (Phi) is 2.65. The Morgan fingerprint density at radius 3 is 3.23 bits per heavy atom. The van der Waals surface area contributed by atoms with Crippen molar-refractivity contribution in [3.63, 3.8) is 0 Å². The van der Waals surface area contributed by atoms with E-state index in [1.54, 1.807) is 0 Å². The first-order valence-corrected chi connectivity index (χ1v) is 5.99. The van der Waals surface area contributed by atoms with Crippen molar-refractivity contribution >= 4 is 28.5 Å². The number of thiocarbonyl (C=S) groups is 1. The Balaban J connectivity index is 2.45. The zero-order chi connectivity index (χ0) is 9.26. The first kappa shape index (κ1) is 9.16. The average molecular weight is 211 g/mol. The summed E-state index contributed by atoms with van der Waals surface area (Å²) in [5.41, 5.74) is 2.75. The van der Waals surface area contributed by atoms with E-state index in [-0.39, 0.29) is 0 Å². The molecule has 0 spiro atoms. The van der Waals surface area contributed by atoms with Gasteiger partial charge in [0.1, 0.15) is 4.99 Å².